The molecule has 1 heterocycles. The summed E-state index contributed by atoms with van der Waals surface area (Å²) in [7, 11) is 0. The molecule has 20 heavy (non-hydrogen) atoms. The Morgan fingerprint density at radius 3 is 2.75 bits per heavy atom. The highest BCUT2D eigenvalue weighted by atomic mass is 15.3. The standard InChI is InChI=1S/C17H31N3/c1-5-18-14(2)12-17(3,4)13-15-10-11-20(19-15)16-8-6-7-9-16/h10-11,14,16,18H,5-9,12-13H2,1-4H3. The molecule has 1 aromatic heterocycles. The first-order valence-electron chi connectivity index (χ1n) is 8.27. The van der Waals surface area contributed by atoms with Crippen LogP contribution in [0.1, 0.15) is 71.5 Å². The van der Waals surface area contributed by atoms with E-state index in [-0.39, 0.29) is 0 Å². The van der Waals surface area contributed by atoms with Crippen molar-refractivity contribution in [3.05, 3.63) is 18.0 Å². The summed E-state index contributed by atoms with van der Waals surface area (Å²) in [5.74, 6) is 0. The van der Waals surface area contributed by atoms with Gasteiger partial charge in [-0.2, -0.15) is 5.10 Å². The molecule has 2 rings (SSSR count). The number of nitrogens with zero attached hydrogens (tertiary/aromatic N) is 2. The van der Waals surface area contributed by atoms with E-state index in [1.807, 2.05) is 0 Å². The van der Waals surface area contributed by atoms with Crippen molar-refractivity contribution in [2.24, 2.45) is 5.41 Å². The lowest BCUT2D eigenvalue weighted by atomic mass is 9.82. The molecule has 0 radical (unpaired) electrons. The Bertz CT molecular complexity index is 402. The van der Waals surface area contributed by atoms with Crippen molar-refractivity contribution in [3.63, 3.8) is 0 Å². The second-order valence-electron chi connectivity index (χ2n) is 7.23. The lowest BCUT2D eigenvalue weighted by Crippen LogP contribution is -2.32. The molecule has 1 N–H and O–H groups in total. The SMILES string of the molecule is CCNC(C)CC(C)(C)Cc1ccn(C2CCCC2)n1. The lowest BCUT2D eigenvalue weighted by molar-refractivity contribution is 0.285. The fourth-order valence-electron chi connectivity index (χ4n) is 3.66. The zero-order valence-corrected chi connectivity index (χ0v) is 13.7. The van der Waals surface area contributed by atoms with Gasteiger partial charge in [-0.1, -0.05) is 33.6 Å². The van der Waals surface area contributed by atoms with Gasteiger partial charge in [0.05, 0.1) is 11.7 Å². The number of nitrogens with one attached hydrogen (secondary N) is 1. The van der Waals surface area contributed by atoms with Crippen LogP contribution in [0.3, 0.4) is 0 Å². The first-order valence-corrected chi connectivity index (χ1v) is 8.27. The van der Waals surface area contributed by atoms with E-state index in [0.717, 1.165) is 13.0 Å². The molecule has 0 aliphatic heterocycles. The van der Waals surface area contributed by atoms with Crippen LogP contribution in [-0.4, -0.2) is 22.4 Å². The molecule has 1 aromatic rings. The number of aromatic nitrogens is 2. The third-order valence-electron chi connectivity index (χ3n) is 4.43. The van der Waals surface area contributed by atoms with E-state index in [9.17, 15) is 0 Å². The van der Waals surface area contributed by atoms with Crippen LogP contribution in [0, 0.1) is 5.41 Å². The van der Waals surface area contributed by atoms with Gasteiger partial charge < -0.3 is 5.32 Å². The Morgan fingerprint density at radius 1 is 1.40 bits per heavy atom. The van der Waals surface area contributed by atoms with Crippen LogP contribution in [0.5, 0.6) is 0 Å². The summed E-state index contributed by atoms with van der Waals surface area (Å²) in [6, 6.07) is 3.46. The summed E-state index contributed by atoms with van der Waals surface area (Å²) in [4.78, 5) is 0. The summed E-state index contributed by atoms with van der Waals surface area (Å²) in [5.41, 5.74) is 1.56. The molecule has 1 fully saturated rings. The average Bonchev–Trinajstić information content (AvgIpc) is 2.97. The highest BCUT2D eigenvalue weighted by Crippen LogP contribution is 2.30. The summed E-state index contributed by atoms with van der Waals surface area (Å²) < 4.78 is 2.21. The van der Waals surface area contributed by atoms with Crippen molar-refractivity contribution in [1.29, 1.82) is 0 Å². The zero-order valence-electron chi connectivity index (χ0n) is 13.7. The summed E-state index contributed by atoms with van der Waals surface area (Å²) in [5, 5.41) is 8.34. The fourth-order valence-corrected chi connectivity index (χ4v) is 3.66. The quantitative estimate of drug-likeness (QED) is 0.817. The van der Waals surface area contributed by atoms with Gasteiger partial charge in [0.1, 0.15) is 0 Å². The summed E-state index contributed by atoms with van der Waals surface area (Å²) >= 11 is 0. The monoisotopic (exact) mass is 277 g/mol. The van der Waals surface area contributed by atoms with Crippen LogP contribution in [0.2, 0.25) is 0 Å². The molecule has 1 aliphatic carbocycles. The van der Waals surface area contributed by atoms with Crippen LogP contribution < -0.4 is 5.32 Å². The average molecular weight is 277 g/mol. The minimum absolute atomic E-state index is 0.302. The van der Waals surface area contributed by atoms with Gasteiger partial charge in [0.25, 0.3) is 0 Å². The van der Waals surface area contributed by atoms with Gasteiger partial charge >= 0.3 is 0 Å². The second kappa shape index (κ2) is 6.75. The molecule has 1 unspecified atom stereocenters. The van der Waals surface area contributed by atoms with Gasteiger partial charge in [-0.15, -0.1) is 0 Å². The van der Waals surface area contributed by atoms with Crippen LogP contribution >= 0.6 is 0 Å². The zero-order chi connectivity index (χ0) is 14.6. The second-order valence-corrected chi connectivity index (χ2v) is 7.23. The van der Waals surface area contributed by atoms with Gasteiger partial charge in [-0.3, -0.25) is 4.68 Å². The highest BCUT2D eigenvalue weighted by Gasteiger charge is 2.23. The number of rotatable bonds is 7. The van der Waals surface area contributed by atoms with E-state index in [0.29, 0.717) is 17.5 Å². The van der Waals surface area contributed by atoms with Crippen molar-refractivity contribution in [1.82, 2.24) is 15.1 Å². The van der Waals surface area contributed by atoms with Crippen molar-refractivity contribution in [2.45, 2.75) is 78.3 Å². The molecule has 0 aromatic carbocycles. The van der Waals surface area contributed by atoms with Crippen molar-refractivity contribution >= 4 is 0 Å². The van der Waals surface area contributed by atoms with E-state index >= 15 is 0 Å². The van der Waals surface area contributed by atoms with E-state index < -0.39 is 0 Å². The van der Waals surface area contributed by atoms with E-state index in [2.05, 4.69) is 50.0 Å². The van der Waals surface area contributed by atoms with E-state index in [1.54, 1.807) is 0 Å². The third kappa shape index (κ3) is 4.34. The molecule has 1 aliphatic rings. The minimum Gasteiger partial charge on any atom is -0.315 e. The van der Waals surface area contributed by atoms with E-state index in [1.165, 1.54) is 37.8 Å². The molecule has 1 saturated carbocycles. The topological polar surface area (TPSA) is 29.9 Å². The normalized spacial score (nSPS) is 18.6. The first-order chi connectivity index (χ1) is 9.50. The van der Waals surface area contributed by atoms with Gasteiger partial charge in [-0.05, 0) is 50.6 Å². The molecule has 0 amide bonds. The first kappa shape index (κ1) is 15.6. The molecule has 1 atom stereocenters. The Kier molecular flexibility index (Phi) is 5.25. The van der Waals surface area contributed by atoms with Crippen molar-refractivity contribution < 1.29 is 0 Å². The van der Waals surface area contributed by atoms with E-state index in [4.69, 9.17) is 5.10 Å². The van der Waals surface area contributed by atoms with Gasteiger partial charge in [0.15, 0.2) is 0 Å². The smallest absolute Gasteiger partial charge is 0.0630 e. The maximum absolute atomic E-state index is 4.83. The van der Waals surface area contributed by atoms with Crippen molar-refractivity contribution in [3.8, 4) is 0 Å². The van der Waals surface area contributed by atoms with Crippen LogP contribution in [0.25, 0.3) is 0 Å². The summed E-state index contributed by atoms with van der Waals surface area (Å²) in [6.45, 7) is 10.2. The molecular formula is C17H31N3. The van der Waals surface area contributed by atoms with Crippen LogP contribution in [0.15, 0.2) is 12.3 Å². The molecule has 114 valence electrons. The van der Waals surface area contributed by atoms with Crippen LogP contribution in [-0.2, 0) is 6.42 Å². The van der Waals surface area contributed by atoms with Gasteiger partial charge in [-0.25, -0.2) is 0 Å². The third-order valence-corrected chi connectivity index (χ3v) is 4.43. The number of hydrogen-bond acceptors (Lipinski definition) is 2. The Labute approximate surface area is 124 Å². The molecule has 0 bridgehead atoms. The van der Waals surface area contributed by atoms with Crippen molar-refractivity contribution in [2.75, 3.05) is 6.54 Å². The predicted octanol–water partition coefficient (Wildman–Crippen LogP) is 3.96. The molecule has 0 saturated heterocycles. The minimum atomic E-state index is 0.302. The fraction of sp³-hybridized carbons (Fsp3) is 0.824. The molecule has 3 heteroatoms. The predicted molar refractivity (Wildman–Crippen MR) is 85.0 cm³/mol. The Hall–Kier alpha value is -0.830. The lowest BCUT2D eigenvalue weighted by Gasteiger charge is -2.27. The largest absolute Gasteiger partial charge is 0.315 e. The highest BCUT2D eigenvalue weighted by molar-refractivity contribution is 5.03. The van der Waals surface area contributed by atoms with Gasteiger partial charge in [0, 0.05) is 12.2 Å². The Balaban J connectivity index is 1.91. The van der Waals surface area contributed by atoms with Crippen LogP contribution in [0.4, 0.5) is 0 Å². The molecular weight excluding hydrogens is 246 g/mol. The van der Waals surface area contributed by atoms with Gasteiger partial charge in [0.2, 0.25) is 0 Å². The Morgan fingerprint density at radius 2 is 2.10 bits per heavy atom. The summed E-state index contributed by atoms with van der Waals surface area (Å²) in [6.07, 6.45) is 9.80. The number of hydrogen-bond donors (Lipinski definition) is 1. The molecule has 0 spiro atoms. The molecule has 3 nitrogen and oxygen atoms in total. The maximum atomic E-state index is 4.83. The maximum Gasteiger partial charge on any atom is 0.0630 e.